The molecule has 0 spiro atoms. The molecule has 0 aromatic carbocycles. The lowest BCUT2D eigenvalue weighted by molar-refractivity contribution is -0.134. The van der Waals surface area contributed by atoms with Crippen molar-refractivity contribution in [2.75, 3.05) is 18.4 Å². The van der Waals surface area contributed by atoms with Gasteiger partial charge in [-0.15, -0.1) is 11.3 Å². The second kappa shape index (κ2) is 7.29. The molecule has 3 amide bonds. The monoisotopic (exact) mass is 352 g/mol. The fourth-order valence-corrected chi connectivity index (χ4v) is 3.12. The average molecular weight is 352 g/mol. The van der Waals surface area contributed by atoms with Gasteiger partial charge in [0.1, 0.15) is 0 Å². The molecule has 1 aliphatic heterocycles. The number of amides is 3. The molecule has 1 aliphatic rings. The van der Waals surface area contributed by atoms with Gasteiger partial charge in [-0.05, 0) is 12.8 Å². The molecule has 0 aliphatic carbocycles. The van der Waals surface area contributed by atoms with Crippen LogP contribution in [-0.2, 0) is 20.8 Å². The number of nitrogens with zero attached hydrogens (tertiary/aromatic N) is 2. The molecule has 1 fully saturated rings. The number of aromatic nitrogens is 1. The first-order valence-electron chi connectivity index (χ1n) is 8.00. The number of likely N-dealkylation sites (tertiary alicyclic amines) is 1. The molecule has 24 heavy (non-hydrogen) atoms. The van der Waals surface area contributed by atoms with Gasteiger partial charge < -0.3 is 16.0 Å². The number of thiazole rings is 1. The lowest BCUT2D eigenvalue weighted by Crippen LogP contribution is -2.42. The molecule has 1 saturated heterocycles. The van der Waals surface area contributed by atoms with E-state index in [0.29, 0.717) is 36.8 Å². The van der Waals surface area contributed by atoms with Crippen LogP contribution in [0.25, 0.3) is 0 Å². The van der Waals surface area contributed by atoms with Crippen LogP contribution in [-0.4, -0.2) is 40.7 Å². The molecular weight excluding hydrogens is 328 g/mol. The number of rotatable bonds is 4. The molecule has 0 atom stereocenters. The van der Waals surface area contributed by atoms with Gasteiger partial charge in [0.2, 0.25) is 17.7 Å². The molecule has 2 rings (SSSR count). The van der Waals surface area contributed by atoms with Gasteiger partial charge in [-0.25, -0.2) is 4.98 Å². The van der Waals surface area contributed by atoms with E-state index in [2.05, 4.69) is 10.3 Å². The largest absolute Gasteiger partial charge is 0.369 e. The number of piperidine rings is 1. The van der Waals surface area contributed by atoms with Crippen LogP contribution in [0, 0.1) is 11.3 Å². The summed E-state index contributed by atoms with van der Waals surface area (Å²) in [5, 5.41) is 5.05. The van der Waals surface area contributed by atoms with Crippen LogP contribution in [0.1, 0.15) is 39.3 Å². The summed E-state index contributed by atoms with van der Waals surface area (Å²) in [5.74, 6) is -0.548. The van der Waals surface area contributed by atoms with Gasteiger partial charge >= 0.3 is 0 Å². The van der Waals surface area contributed by atoms with Gasteiger partial charge in [0.05, 0.1) is 12.1 Å². The number of hydrogen-bond donors (Lipinski definition) is 2. The summed E-state index contributed by atoms with van der Waals surface area (Å²) < 4.78 is 0. The third kappa shape index (κ3) is 4.77. The van der Waals surface area contributed by atoms with Crippen molar-refractivity contribution in [3.05, 3.63) is 11.1 Å². The zero-order chi connectivity index (χ0) is 17.9. The molecule has 0 saturated carbocycles. The van der Waals surface area contributed by atoms with Crippen molar-refractivity contribution < 1.29 is 14.4 Å². The van der Waals surface area contributed by atoms with Gasteiger partial charge in [0.25, 0.3) is 0 Å². The van der Waals surface area contributed by atoms with E-state index in [0.717, 1.165) is 0 Å². The molecule has 2 heterocycles. The number of nitrogens with one attached hydrogen (secondary N) is 1. The minimum Gasteiger partial charge on any atom is -0.369 e. The van der Waals surface area contributed by atoms with E-state index in [1.807, 2.05) is 20.8 Å². The number of primary amides is 1. The van der Waals surface area contributed by atoms with E-state index in [-0.39, 0.29) is 30.1 Å². The van der Waals surface area contributed by atoms with Crippen molar-refractivity contribution >= 4 is 34.2 Å². The minimum atomic E-state index is -0.494. The molecular formula is C16H24N4O3S. The molecule has 0 radical (unpaired) electrons. The fourth-order valence-electron chi connectivity index (χ4n) is 2.41. The fraction of sp³-hybridized carbons (Fsp3) is 0.625. The standard InChI is InChI=1S/C16H24N4O3S/c1-16(2,3)14(23)19-15-18-11(9-24-15)8-12(21)20-6-4-10(5-7-20)13(17)22/h9-10H,4-8H2,1-3H3,(H2,17,22)(H,18,19,23). The molecule has 0 unspecified atom stereocenters. The van der Waals surface area contributed by atoms with Crippen molar-refractivity contribution in [3.8, 4) is 0 Å². The highest BCUT2D eigenvalue weighted by atomic mass is 32.1. The second-order valence-electron chi connectivity index (χ2n) is 7.08. The molecule has 0 bridgehead atoms. The van der Waals surface area contributed by atoms with E-state index in [1.165, 1.54) is 11.3 Å². The Labute approximate surface area is 145 Å². The maximum Gasteiger partial charge on any atom is 0.231 e. The summed E-state index contributed by atoms with van der Waals surface area (Å²) in [6.45, 7) is 6.58. The van der Waals surface area contributed by atoms with Crippen molar-refractivity contribution in [1.82, 2.24) is 9.88 Å². The summed E-state index contributed by atoms with van der Waals surface area (Å²) in [6.07, 6.45) is 1.43. The normalized spacial score (nSPS) is 16.0. The quantitative estimate of drug-likeness (QED) is 0.854. The second-order valence-corrected chi connectivity index (χ2v) is 7.94. The van der Waals surface area contributed by atoms with Crippen molar-refractivity contribution in [2.45, 2.75) is 40.0 Å². The van der Waals surface area contributed by atoms with E-state index in [9.17, 15) is 14.4 Å². The first-order chi connectivity index (χ1) is 11.2. The summed E-state index contributed by atoms with van der Waals surface area (Å²) in [5.41, 5.74) is 5.45. The predicted octanol–water partition coefficient (Wildman–Crippen LogP) is 1.39. The number of carbonyl (C=O) groups is 3. The predicted molar refractivity (Wildman–Crippen MR) is 92.4 cm³/mol. The highest BCUT2D eigenvalue weighted by Crippen LogP contribution is 2.22. The molecule has 8 heteroatoms. The van der Waals surface area contributed by atoms with Gasteiger partial charge in [0, 0.05) is 29.8 Å². The Kier molecular flexibility index (Phi) is 5.58. The summed E-state index contributed by atoms with van der Waals surface area (Å²) >= 11 is 1.31. The molecule has 1 aromatic heterocycles. The molecule has 7 nitrogen and oxygen atoms in total. The van der Waals surface area contributed by atoms with Gasteiger partial charge in [-0.3, -0.25) is 14.4 Å². The van der Waals surface area contributed by atoms with Crippen LogP contribution in [0.5, 0.6) is 0 Å². The van der Waals surface area contributed by atoms with Crippen LogP contribution in [0.3, 0.4) is 0 Å². The van der Waals surface area contributed by atoms with Crippen LogP contribution < -0.4 is 11.1 Å². The van der Waals surface area contributed by atoms with Crippen LogP contribution in [0.15, 0.2) is 5.38 Å². The van der Waals surface area contributed by atoms with Gasteiger partial charge in [-0.2, -0.15) is 0 Å². The molecule has 1 aromatic rings. The Morgan fingerprint density at radius 3 is 2.50 bits per heavy atom. The zero-order valence-electron chi connectivity index (χ0n) is 14.3. The third-order valence-electron chi connectivity index (χ3n) is 4.04. The minimum absolute atomic E-state index is 0.0167. The smallest absolute Gasteiger partial charge is 0.231 e. The van der Waals surface area contributed by atoms with Crippen molar-refractivity contribution in [3.63, 3.8) is 0 Å². The maximum absolute atomic E-state index is 12.3. The van der Waals surface area contributed by atoms with E-state index in [1.54, 1.807) is 10.3 Å². The lowest BCUT2D eigenvalue weighted by Gasteiger charge is -2.30. The number of carbonyl (C=O) groups excluding carboxylic acids is 3. The number of anilines is 1. The molecule has 3 N–H and O–H groups in total. The van der Waals surface area contributed by atoms with Crippen LogP contribution in [0.2, 0.25) is 0 Å². The van der Waals surface area contributed by atoms with Crippen molar-refractivity contribution in [2.24, 2.45) is 17.1 Å². The average Bonchev–Trinajstić information content (AvgIpc) is 2.93. The maximum atomic E-state index is 12.3. The SMILES string of the molecule is CC(C)(C)C(=O)Nc1nc(CC(=O)N2CCC(C(N)=O)CC2)cs1. The first-order valence-corrected chi connectivity index (χ1v) is 8.87. The van der Waals surface area contributed by atoms with Crippen molar-refractivity contribution in [1.29, 1.82) is 0 Å². The summed E-state index contributed by atoms with van der Waals surface area (Å²) in [4.78, 5) is 41.5. The number of hydrogen-bond acceptors (Lipinski definition) is 5. The summed E-state index contributed by atoms with van der Waals surface area (Å²) in [6, 6.07) is 0. The topological polar surface area (TPSA) is 105 Å². The highest BCUT2D eigenvalue weighted by molar-refractivity contribution is 7.13. The highest BCUT2D eigenvalue weighted by Gasteiger charge is 2.26. The van der Waals surface area contributed by atoms with Crippen LogP contribution in [0.4, 0.5) is 5.13 Å². The Morgan fingerprint density at radius 1 is 1.33 bits per heavy atom. The van der Waals surface area contributed by atoms with Gasteiger partial charge in [-0.1, -0.05) is 20.8 Å². The van der Waals surface area contributed by atoms with E-state index >= 15 is 0 Å². The van der Waals surface area contributed by atoms with Crippen LogP contribution >= 0.6 is 11.3 Å². The molecule has 132 valence electrons. The third-order valence-corrected chi connectivity index (χ3v) is 4.84. The van der Waals surface area contributed by atoms with E-state index < -0.39 is 5.41 Å². The van der Waals surface area contributed by atoms with Gasteiger partial charge in [0.15, 0.2) is 5.13 Å². The van der Waals surface area contributed by atoms with E-state index in [4.69, 9.17) is 5.73 Å². The first kappa shape index (κ1) is 18.4. The summed E-state index contributed by atoms with van der Waals surface area (Å²) in [7, 11) is 0. The number of nitrogens with two attached hydrogens (primary N) is 1. The Balaban J connectivity index is 1.87. The lowest BCUT2D eigenvalue weighted by atomic mass is 9.96. The Hall–Kier alpha value is -1.96. The zero-order valence-corrected chi connectivity index (χ0v) is 15.1. The Morgan fingerprint density at radius 2 is 1.96 bits per heavy atom. The Bertz CT molecular complexity index is 628.